The third kappa shape index (κ3) is 3.62. The lowest BCUT2D eigenvalue weighted by Crippen LogP contribution is -2.35. The molecule has 3 heterocycles. The van der Waals surface area contributed by atoms with Crippen molar-refractivity contribution < 1.29 is 4.79 Å². The molecule has 32 heavy (non-hydrogen) atoms. The van der Waals surface area contributed by atoms with E-state index in [0.29, 0.717) is 16.2 Å². The third-order valence-corrected chi connectivity index (χ3v) is 6.56. The molecule has 1 aromatic carbocycles. The Labute approximate surface area is 192 Å². The maximum atomic E-state index is 12.2. The predicted molar refractivity (Wildman–Crippen MR) is 123 cm³/mol. The second-order valence-electron chi connectivity index (χ2n) is 8.19. The molecule has 0 radical (unpaired) electrons. The minimum atomic E-state index is -0.369. The van der Waals surface area contributed by atoms with E-state index >= 15 is 0 Å². The Hall–Kier alpha value is -3.34. The summed E-state index contributed by atoms with van der Waals surface area (Å²) in [4.78, 5) is 23.0. The number of hydrogen-bond donors (Lipinski definition) is 2. The van der Waals surface area contributed by atoms with Crippen LogP contribution < -0.4 is 10.6 Å². The number of anilines is 1. The van der Waals surface area contributed by atoms with Gasteiger partial charge in [0.25, 0.3) is 0 Å². The van der Waals surface area contributed by atoms with Gasteiger partial charge in [-0.05, 0) is 59.5 Å². The summed E-state index contributed by atoms with van der Waals surface area (Å²) in [6.07, 6.45) is 7.48. The van der Waals surface area contributed by atoms with Gasteiger partial charge < -0.3 is 10.6 Å². The molecule has 2 N–H and O–H groups in total. The van der Waals surface area contributed by atoms with E-state index < -0.39 is 0 Å². The van der Waals surface area contributed by atoms with Gasteiger partial charge in [-0.3, -0.25) is 4.79 Å². The zero-order valence-corrected chi connectivity index (χ0v) is 19.2. The summed E-state index contributed by atoms with van der Waals surface area (Å²) in [5.41, 5.74) is 2.03. The maximum absolute atomic E-state index is 12.2. The first-order valence-corrected chi connectivity index (χ1v) is 11.1. The van der Waals surface area contributed by atoms with Gasteiger partial charge in [0.15, 0.2) is 5.65 Å². The van der Waals surface area contributed by atoms with Crippen LogP contribution in [-0.2, 0) is 4.79 Å². The van der Waals surface area contributed by atoms with E-state index in [9.17, 15) is 4.79 Å². The second kappa shape index (κ2) is 7.97. The Balaban J connectivity index is 1.42. The third-order valence-electron chi connectivity index (χ3n) is 5.97. The van der Waals surface area contributed by atoms with Gasteiger partial charge in [-0.25, -0.2) is 9.67 Å². The lowest BCUT2D eigenvalue weighted by molar-refractivity contribution is -0.129. The average Bonchev–Trinajstić information content (AvgIpc) is 3.54. The largest absolute Gasteiger partial charge is 0.359 e. The molecule has 0 spiro atoms. The van der Waals surface area contributed by atoms with Gasteiger partial charge in [0.2, 0.25) is 11.9 Å². The summed E-state index contributed by atoms with van der Waals surface area (Å²) in [5.74, 6) is 0.601. The van der Waals surface area contributed by atoms with Crippen LogP contribution in [0.5, 0.6) is 0 Å². The summed E-state index contributed by atoms with van der Waals surface area (Å²) >= 11 is 3.51. The Bertz CT molecular complexity index is 1270. The van der Waals surface area contributed by atoms with Crippen LogP contribution in [0.2, 0.25) is 0 Å². The Morgan fingerprint density at radius 3 is 2.62 bits per heavy atom. The van der Waals surface area contributed by atoms with Gasteiger partial charge in [-0.2, -0.15) is 25.1 Å². The smallest absolute Gasteiger partial charge is 0.225 e. The molecule has 2 atom stereocenters. The molecular formula is C21H22BrN9O. The first-order valence-electron chi connectivity index (χ1n) is 10.3. The van der Waals surface area contributed by atoms with Crippen LogP contribution in [0.4, 0.5) is 5.95 Å². The molecule has 164 valence electrons. The highest BCUT2D eigenvalue weighted by Crippen LogP contribution is 2.39. The number of aromatic nitrogens is 7. The summed E-state index contributed by atoms with van der Waals surface area (Å²) in [5, 5.41) is 19.9. The normalized spacial score (nSPS) is 20.5. The van der Waals surface area contributed by atoms with E-state index in [1.165, 1.54) is 0 Å². The van der Waals surface area contributed by atoms with Crippen molar-refractivity contribution in [3.8, 4) is 11.4 Å². The Morgan fingerprint density at radius 1 is 1.19 bits per heavy atom. The fourth-order valence-electron chi connectivity index (χ4n) is 4.25. The molecule has 11 heteroatoms. The molecule has 10 nitrogen and oxygen atoms in total. The predicted octanol–water partition coefficient (Wildman–Crippen LogP) is 2.88. The molecule has 5 rings (SSSR count). The summed E-state index contributed by atoms with van der Waals surface area (Å²) in [7, 11) is 1.68. The van der Waals surface area contributed by atoms with Crippen molar-refractivity contribution in [2.24, 2.45) is 5.41 Å². The van der Waals surface area contributed by atoms with Gasteiger partial charge in [-0.1, -0.05) is 6.92 Å². The minimum absolute atomic E-state index is 0.0777. The van der Waals surface area contributed by atoms with Gasteiger partial charge in [0.05, 0.1) is 29.2 Å². The van der Waals surface area contributed by atoms with E-state index in [4.69, 9.17) is 4.98 Å². The fourth-order valence-corrected chi connectivity index (χ4v) is 4.69. The SMILES string of the molecule is CNC(=O)[C@]1(C)CC[C@@H](Nc2ncc3c(Br)nn(-c4ccc(-n5nccn5)cc4)c3n2)C1. The molecule has 0 bridgehead atoms. The average molecular weight is 496 g/mol. The highest BCUT2D eigenvalue weighted by molar-refractivity contribution is 9.10. The monoisotopic (exact) mass is 495 g/mol. The van der Waals surface area contributed by atoms with E-state index in [-0.39, 0.29) is 17.4 Å². The lowest BCUT2D eigenvalue weighted by Gasteiger charge is -2.22. The van der Waals surface area contributed by atoms with Crippen LogP contribution in [0.1, 0.15) is 26.2 Å². The van der Waals surface area contributed by atoms with Crippen LogP contribution >= 0.6 is 15.9 Å². The van der Waals surface area contributed by atoms with Crippen molar-refractivity contribution in [1.29, 1.82) is 0 Å². The number of carbonyl (C=O) groups is 1. The molecule has 1 aliphatic carbocycles. The second-order valence-corrected chi connectivity index (χ2v) is 8.94. The highest BCUT2D eigenvalue weighted by Gasteiger charge is 2.40. The summed E-state index contributed by atoms with van der Waals surface area (Å²) < 4.78 is 2.44. The number of hydrogen-bond acceptors (Lipinski definition) is 7. The molecule has 3 aromatic heterocycles. The number of halogens is 1. The molecule has 0 saturated heterocycles. The van der Waals surface area contributed by atoms with Gasteiger partial charge >= 0.3 is 0 Å². The van der Waals surface area contributed by atoms with Gasteiger partial charge in [0, 0.05) is 24.7 Å². The van der Waals surface area contributed by atoms with E-state index in [2.05, 4.69) is 46.8 Å². The number of nitrogens with zero attached hydrogens (tertiary/aromatic N) is 7. The van der Waals surface area contributed by atoms with Crippen molar-refractivity contribution in [3.63, 3.8) is 0 Å². The van der Waals surface area contributed by atoms with Gasteiger partial charge in [-0.15, -0.1) is 0 Å². The summed E-state index contributed by atoms with van der Waals surface area (Å²) in [6.45, 7) is 2.01. The van der Waals surface area contributed by atoms with Crippen molar-refractivity contribution in [2.75, 3.05) is 12.4 Å². The molecule has 4 aromatic rings. The van der Waals surface area contributed by atoms with Crippen LogP contribution in [0.25, 0.3) is 22.4 Å². The minimum Gasteiger partial charge on any atom is -0.359 e. The number of fused-ring (bicyclic) bond motifs is 1. The van der Waals surface area contributed by atoms with Gasteiger partial charge in [0.1, 0.15) is 4.60 Å². The first-order chi connectivity index (χ1) is 15.5. The maximum Gasteiger partial charge on any atom is 0.225 e. The van der Waals surface area contributed by atoms with Crippen molar-refractivity contribution in [2.45, 2.75) is 32.2 Å². The topological polar surface area (TPSA) is 115 Å². The highest BCUT2D eigenvalue weighted by atomic mass is 79.9. The first kappa shape index (κ1) is 20.6. The van der Waals surface area contributed by atoms with Crippen molar-refractivity contribution in [3.05, 3.63) is 47.5 Å². The molecule has 0 aliphatic heterocycles. The quantitative estimate of drug-likeness (QED) is 0.437. The Morgan fingerprint density at radius 2 is 1.91 bits per heavy atom. The number of amides is 1. The fraction of sp³-hybridized carbons (Fsp3) is 0.333. The van der Waals surface area contributed by atoms with Crippen LogP contribution in [-0.4, -0.2) is 53.7 Å². The van der Waals surface area contributed by atoms with Crippen molar-refractivity contribution >= 4 is 38.8 Å². The zero-order chi connectivity index (χ0) is 22.3. The molecule has 1 fully saturated rings. The number of nitrogens with one attached hydrogen (secondary N) is 2. The molecule has 1 amide bonds. The van der Waals surface area contributed by atoms with E-state index in [1.54, 1.807) is 35.1 Å². The molecule has 1 saturated carbocycles. The lowest BCUT2D eigenvalue weighted by atomic mass is 9.87. The van der Waals surface area contributed by atoms with Crippen LogP contribution in [0.3, 0.4) is 0 Å². The van der Waals surface area contributed by atoms with E-state index in [1.807, 2.05) is 31.2 Å². The number of carbonyl (C=O) groups excluding carboxylic acids is 1. The molecule has 1 aliphatic rings. The molecular weight excluding hydrogens is 474 g/mol. The number of rotatable bonds is 5. The Kier molecular flexibility index (Phi) is 5.12. The van der Waals surface area contributed by atoms with Crippen LogP contribution in [0, 0.1) is 5.41 Å². The zero-order valence-electron chi connectivity index (χ0n) is 17.7. The standard InChI is InChI=1S/C21H22BrN9O/c1-21(19(32)23-2)8-7-13(11-21)27-20-24-12-16-17(22)29-30(18(16)28-20)14-3-5-15(6-4-14)31-25-9-10-26-31/h3-6,9-10,12-13H,7-8,11H2,1-2H3,(H,23,32)(H,24,27,28)/t13-,21-/m1/s1. The van der Waals surface area contributed by atoms with Crippen molar-refractivity contribution in [1.82, 2.24) is 40.1 Å². The molecule has 0 unspecified atom stereocenters. The summed E-state index contributed by atoms with van der Waals surface area (Å²) in [6, 6.07) is 7.87. The van der Waals surface area contributed by atoms with Crippen LogP contribution in [0.15, 0.2) is 47.5 Å². The number of benzene rings is 1. The van der Waals surface area contributed by atoms with E-state index in [0.717, 1.165) is 36.0 Å².